The lowest BCUT2D eigenvalue weighted by Gasteiger charge is -2.18. The van der Waals surface area contributed by atoms with Gasteiger partial charge >= 0.3 is 5.97 Å². The summed E-state index contributed by atoms with van der Waals surface area (Å²) in [6.45, 7) is 6.52. The van der Waals surface area contributed by atoms with Crippen LogP contribution < -0.4 is 4.74 Å². The number of carbonyl (C=O) groups excluding carboxylic acids is 2. The highest BCUT2D eigenvalue weighted by Crippen LogP contribution is 2.35. The molecule has 24 heavy (non-hydrogen) atoms. The summed E-state index contributed by atoms with van der Waals surface area (Å²) in [6.07, 6.45) is 0.0734. The molecule has 1 unspecified atom stereocenters. The van der Waals surface area contributed by atoms with Gasteiger partial charge in [0.15, 0.2) is 17.3 Å². The highest BCUT2D eigenvalue weighted by molar-refractivity contribution is 6.11. The molecule has 2 rings (SSSR count). The predicted octanol–water partition coefficient (Wildman–Crippen LogP) is 3.39. The Morgan fingerprint density at radius 1 is 1.17 bits per heavy atom. The zero-order valence-corrected chi connectivity index (χ0v) is 13.5. The van der Waals surface area contributed by atoms with E-state index in [2.05, 4.69) is 6.58 Å². The van der Waals surface area contributed by atoms with Gasteiger partial charge in [-0.1, -0.05) is 43.0 Å². The minimum atomic E-state index is -0.942. The van der Waals surface area contributed by atoms with Crippen molar-refractivity contribution in [3.05, 3.63) is 71.8 Å². The molecule has 0 fully saturated rings. The summed E-state index contributed by atoms with van der Waals surface area (Å²) in [7, 11) is 0. The van der Waals surface area contributed by atoms with Crippen molar-refractivity contribution in [3.8, 4) is 11.5 Å². The molecule has 5 nitrogen and oxygen atoms in total. The third-order valence-corrected chi connectivity index (χ3v) is 3.34. The molecule has 0 heterocycles. The van der Waals surface area contributed by atoms with E-state index in [-0.39, 0.29) is 22.8 Å². The van der Waals surface area contributed by atoms with Gasteiger partial charge in [-0.05, 0) is 18.6 Å². The Morgan fingerprint density at radius 2 is 1.83 bits per heavy atom. The molecule has 1 atom stereocenters. The number of aryl methyl sites for hydroxylation is 1. The lowest BCUT2D eigenvalue weighted by atomic mass is 10.0. The fourth-order valence-corrected chi connectivity index (χ4v) is 2.15. The molecule has 0 radical (unpaired) electrons. The first-order valence-electron chi connectivity index (χ1n) is 7.36. The van der Waals surface area contributed by atoms with Crippen LogP contribution in [0.2, 0.25) is 0 Å². The normalized spacial score (nSPS) is 11.4. The third kappa shape index (κ3) is 3.81. The number of ketones is 1. The van der Waals surface area contributed by atoms with Gasteiger partial charge in [0.05, 0.1) is 5.56 Å². The van der Waals surface area contributed by atoms with Crippen molar-refractivity contribution in [2.75, 3.05) is 0 Å². The number of rotatable bonds is 6. The van der Waals surface area contributed by atoms with Crippen molar-refractivity contribution in [1.29, 1.82) is 0 Å². The van der Waals surface area contributed by atoms with E-state index >= 15 is 0 Å². The Labute approximate surface area is 140 Å². The van der Waals surface area contributed by atoms with Gasteiger partial charge in [-0.15, -0.1) is 0 Å². The fourth-order valence-electron chi connectivity index (χ4n) is 2.15. The number of hydrogen-bond acceptors (Lipinski definition) is 5. The Morgan fingerprint density at radius 3 is 2.46 bits per heavy atom. The Hall–Kier alpha value is -3.08. The summed E-state index contributed by atoms with van der Waals surface area (Å²) in [6, 6.07) is 11.8. The first kappa shape index (κ1) is 17.3. The first-order valence-corrected chi connectivity index (χ1v) is 7.36. The fraction of sp³-hybridized carbons (Fsp3) is 0.158. The average Bonchev–Trinajstić information content (AvgIpc) is 2.58. The van der Waals surface area contributed by atoms with Crippen molar-refractivity contribution in [1.82, 2.24) is 0 Å². The summed E-state index contributed by atoms with van der Waals surface area (Å²) in [5.41, 5.74) is 1.18. The van der Waals surface area contributed by atoms with Gasteiger partial charge in [0.2, 0.25) is 6.29 Å². The molecule has 0 spiro atoms. The summed E-state index contributed by atoms with van der Waals surface area (Å²) >= 11 is 0. The standard InChI is InChI=1S/C19H18O5/c1-4-16(20)23-13(3)24-19-12(2)10-11-15(18(19)22)17(21)14-8-6-5-7-9-14/h4-11,13,22H,1H2,2-3H3. The quantitative estimate of drug-likeness (QED) is 0.381. The smallest absolute Gasteiger partial charge is 0.333 e. The van der Waals surface area contributed by atoms with Gasteiger partial charge in [0.1, 0.15) is 0 Å². The van der Waals surface area contributed by atoms with E-state index in [1.165, 1.54) is 13.0 Å². The maximum absolute atomic E-state index is 12.5. The molecule has 0 aromatic heterocycles. The lowest BCUT2D eigenvalue weighted by molar-refractivity contribution is -0.155. The number of ether oxygens (including phenoxy) is 2. The van der Waals surface area contributed by atoms with E-state index in [0.29, 0.717) is 11.1 Å². The van der Waals surface area contributed by atoms with Crippen LogP contribution in [0.4, 0.5) is 0 Å². The number of carbonyl (C=O) groups is 2. The molecule has 0 aliphatic rings. The van der Waals surface area contributed by atoms with Crippen LogP contribution >= 0.6 is 0 Å². The van der Waals surface area contributed by atoms with Crippen molar-refractivity contribution < 1.29 is 24.2 Å². The number of phenols is 1. The van der Waals surface area contributed by atoms with E-state index in [4.69, 9.17) is 9.47 Å². The molecule has 0 bridgehead atoms. The van der Waals surface area contributed by atoms with E-state index in [9.17, 15) is 14.7 Å². The van der Waals surface area contributed by atoms with Gasteiger partial charge in [-0.25, -0.2) is 4.79 Å². The number of hydrogen-bond donors (Lipinski definition) is 1. The van der Waals surface area contributed by atoms with Crippen molar-refractivity contribution in [3.63, 3.8) is 0 Å². The molecule has 2 aromatic rings. The van der Waals surface area contributed by atoms with Crippen LogP contribution in [0.15, 0.2) is 55.1 Å². The minimum Gasteiger partial charge on any atom is -0.504 e. The number of aromatic hydroxyl groups is 1. The number of benzene rings is 2. The molecule has 0 saturated carbocycles. The molecule has 1 N–H and O–H groups in total. The van der Waals surface area contributed by atoms with Crippen LogP contribution in [0.3, 0.4) is 0 Å². The number of esters is 1. The molecule has 0 saturated heterocycles. The van der Waals surface area contributed by atoms with E-state index in [0.717, 1.165) is 6.08 Å². The van der Waals surface area contributed by atoms with Crippen LogP contribution in [0.5, 0.6) is 11.5 Å². The van der Waals surface area contributed by atoms with Crippen molar-refractivity contribution in [2.45, 2.75) is 20.1 Å². The summed E-state index contributed by atoms with van der Waals surface area (Å²) in [5.74, 6) is -1.16. The van der Waals surface area contributed by atoms with Crippen LogP contribution in [0.25, 0.3) is 0 Å². The molecule has 5 heteroatoms. The zero-order chi connectivity index (χ0) is 17.7. The second-order valence-electron chi connectivity index (χ2n) is 5.13. The monoisotopic (exact) mass is 326 g/mol. The van der Waals surface area contributed by atoms with E-state index in [1.807, 2.05) is 0 Å². The van der Waals surface area contributed by atoms with Crippen molar-refractivity contribution in [2.24, 2.45) is 0 Å². The molecule has 0 aliphatic carbocycles. The highest BCUT2D eigenvalue weighted by atomic mass is 16.7. The van der Waals surface area contributed by atoms with E-state index in [1.54, 1.807) is 43.3 Å². The topological polar surface area (TPSA) is 72.8 Å². The van der Waals surface area contributed by atoms with Crippen LogP contribution in [0.1, 0.15) is 28.4 Å². The molecule has 124 valence electrons. The SMILES string of the molecule is C=CC(=O)OC(C)Oc1c(C)ccc(C(=O)c2ccccc2)c1O. The Kier molecular flexibility index (Phi) is 5.37. The second-order valence-corrected chi connectivity index (χ2v) is 5.13. The maximum Gasteiger partial charge on any atom is 0.333 e. The predicted molar refractivity (Wildman–Crippen MR) is 89.1 cm³/mol. The van der Waals surface area contributed by atoms with Crippen LogP contribution in [-0.4, -0.2) is 23.1 Å². The van der Waals surface area contributed by atoms with E-state index < -0.39 is 12.3 Å². The summed E-state index contributed by atoms with van der Waals surface area (Å²) in [4.78, 5) is 23.7. The Bertz CT molecular complexity index is 765. The number of phenolic OH excluding ortho intramolecular Hbond substituents is 1. The Balaban J connectivity index is 2.32. The molecular formula is C19H18O5. The average molecular weight is 326 g/mol. The van der Waals surface area contributed by atoms with Crippen LogP contribution in [0, 0.1) is 6.92 Å². The molecular weight excluding hydrogens is 308 g/mol. The molecule has 0 aliphatic heterocycles. The largest absolute Gasteiger partial charge is 0.504 e. The highest BCUT2D eigenvalue weighted by Gasteiger charge is 2.20. The summed E-state index contributed by atoms with van der Waals surface area (Å²) < 4.78 is 10.4. The van der Waals surface area contributed by atoms with Gasteiger partial charge in [-0.3, -0.25) is 4.79 Å². The summed E-state index contributed by atoms with van der Waals surface area (Å²) in [5, 5.41) is 10.4. The second kappa shape index (κ2) is 7.46. The van der Waals surface area contributed by atoms with Gasteiger partial charge in [-0.2, -0.15) is 0 Å². The molecule has 2 aromatic carbocycles. The van der Waals surface area contributed by atoms with Gasteiger partial charge in [0.25, 0.3) is 0 Å². The van der Waals surface area contributed by atoms with Gasteiger partial charge < -0.3 is 14.6 Å². The lowest BCUT2D eigenvalue weighted by Crippen LogP contribution is -2.20. The molecule has 0 amide bonds. The van der Waals surface area contributed by atoms with Gasteiger partial charge in [0, 0.05) is 18.6 Å². The first-order chi connectivity index (χ1) is 11.4. The minimum absolute atomic E-state index is 0.0983. The van der Waals surface area contributed by atoms with Crippen LogP contribution in [-0.2, 0) is 9.53 Å². The zero-order valence-electron chi connectivity index (χ0n) is 13.5. The van der Waals surface area contributed by atoms with Crippen molar-refractivity contribution >= 4 is 11.8 Å². The maximum atomic E-state index is 12.5. The third-order valence-electron chi connectivity index (χ3n) is 3.34.